The van der Waals surface area contributed by atoms with Crippen LogP contribution in [0.25, 0.3) is 0 Å². The Morgan fingerprint density at radius 3 is 2.66 bits per heavy atom. The van der Waals surface area contributed by atoms with Gasteiger partial charge in [0.2, 0.25) is 5.91 Å². The van der Waals surface area contributed by atoms with Gasteiger partial charge >= 0.3 is 6.03 Å². The Bertz CT molecular complexity index is 1050. The molecule has 0 spiro atoms. The molecule has 29 heavy (non-hydrogen) atoms. The van der Waals surface area contributed by atoms with E-state index >= 15 is 0 Å². The number of imide groups is 1. The lowest BCUT2D eigenvalue weighted by molar-refractivity contribution is -0.384. The van der Waals surface area contributed by atoms with Crippen molar-refractivity contribution in [3.63, 3.8) is 0 Å². The summed E-state index contributed by atoms with van der Waals surface area (Å²) in [5.74, 6) is -2.43. The van der Waals surface area contributed by atoms with Crippen molar-refractivity contribution in [2.24, 2.45) is 0 Å². The van der Waals surface area contributed by atoms with E-state index < -0.39 is 46.4 Å². The Labute approximate surface area is 168 Å². The van der Waals surface area contributed by atoms with E-state index in [4.69, 9.17) is 11.6 Å². The molecule has 2 N–H and O–H groups in total. The molecular weight excluding hydrogens is 407 g/mol. The van der Waals surface area contributed by atoms with Crippen LogP contribution in [0.5, 0.6) is 0 Å². The minimum Gasteiger partial charge on any atom is -0.319 e. The van der Waals surface area contributed by atoms with Crippen LogP contribution in [0.2, 0.25) is 5.02 Å². The highest BCUT2D eigenvalue weighted by molar-refractivity contribution is 6.32. The molecule has 0 radical (unpaired) electrons. The van der Waals surface area contributed by atoms with Gasteiger partial charge in [0.05, 0.1) is 11.0 Å². The van der Waals surface area contributed by atoms with E-state index in [0.717, 1.165) is 12.1 Å². The Hall–Kier alpha value is -3.53. The summed E-state index contributed by atoms with van der Waals surface area (Å²) in [6, 6.07) is 8.23. The van der Waals surface area contributed by atoms with E-state index in [-0.39, 0.29) is 10.7 Å². The number of nitro groups is 1. The molecule has 1 aliphatic heterocycles. The maximum Gasteiger partial charge on any atom is 0.325 e. The number of rotatable bonds is 5. The molecule has 0 saturated carbocycles. The van der Waals surface area contributed by atoms with Crippen molar-refractivity contribution in [2.45, 2.75) is 12.5 Å². The number of nitrogens with zero attached hydrogens (tertiary/aromatic N) is 2. The van der Waals surface area contributed by atoms with Crippen LogP contribution in [0.15, 0.2) is 42.5 Å². The van der Waals surface area contributed by atoms with Gasteiger partial charge in [-0.25, -0.2) is 9.18 Å². The number of urea groups is 1. The molecule has 150 valence electrons. The Balaban J connectivity index is 1.80. The number of hydrogen-bond donors (Lipinski definition) is 2. The van der Waals surface area contributed by atoms with Crippen molar-refractivity contribution >= 4 is 40.8 Å². The van der Waals surface area contributed by atoms with Gasteiger partial charge in [-0.3, -0.25) is 24.6 Å². The third-order valence-electron chi connectivity index (χ3n) is 4.42. The van der Waals surface area contributed by atoms with Crippen LogP contribution in [0.1, 0.15) is 12.5 Å². The first kappa shape index (κ1) is 20.2. The van der Waals surface area contributed by atoms with E-state index in [9.17, 15) is 28.9 Å². The van der Waals surface area contributed by atoms with E-state index in [1.165, 1.54) is 6.92 Å². The molecule has 2 aromatic rings. The van der Waals surface area contributed by atoms with Crippen LogP contribution in [0.4, 0.5) is 20.6 Å². The molecule has 2 aromatic carbocycles. The molecule has 11 heteroatoms. The summed E-state index contributed by atoms with van der Waals surface area (Å²) in [4.78, 5) is 48.3. The monoisotopic (exact) mass is 420 g/mol. The third kappa shape index (κ3) is 3.74. The zero-order valence-corrected chi connectivity index (χ0v) is 15.7. The average Bonchev–Trinajstić information content (AvgIpc) is 2.87. The minimum absolute atomic E-state index is 0.261. The normalized spacial score (nSPS) is 18.5. The fraction of sp³-hybridized carbons (Fsp3) is 0.167. The maximum absolute atomic E-state index is 13.2. The molecule has 0 aliphatic carbocycles. The van der Waals surface area contributed by atoms with Gasteiger partial charge in [-0.15, -0.1) is 0 Å². The van der Waals surface area contributed by atoms with Crippen molar-refractivity contribution in [1.29, 1.82) is 0 Å². The number of hydrogen-bond acceptors (Lipinski definition) is 5. The number of carbonyl (C=O) groups is 3. The second-order valence-electron chi connectivity index (χ2n) is 6.39. The number of halogens is 2. The van der Waals surface area contributed by atoms with Gasteiger partial charge in [-0.2, -0.15) is 0 Å². The van der Waals surface area contributed by atoms with Crippen LogP contribution in [0.3, 0.4) is 0 Å². The standard InChI is InChI=1S/C18H14ClFN4O5/c1-18(11-4-2-3-5-12(11)19)16(26)23(17(27)22-18)9-15(25)21-13-7-6-10(20)8-14(13)24(28)29/h2-8H,9H2,1H3,(H,21,25)(H,22,27). The molecule has 1 fully saturated rings. The van der Waals surface area contributed by atoms with Crippen molar-refractivity contribution in [2.75, 3.05) is 11.9 Å². The molecule has 1 atom stereocenters. The highest BCUT2D eigenvalue weighted by Gasteiger charge is 2.50. The second kappa shape index (κ2) is 7.47. The van der Waals surface area contributed by atoms with Gasteiger partial charge in [0.25, 0.3) is 11.6 Å². The minimum atomic E-state index is -1.47. The van der Waals surface area contributed by atoms with Gasteiger partial charge in [-0.1, -0.05) is 29.8 Å². The molecule has 1 unspecified atom stereocenters. The quantitative estimate of drug-likeness (QED) is 0.437. The van der Waals surface area contributed by atoms with Gasteiger partial charge in [0.15, 0.2) is 0 Å². The van der Waals surface area contributed by atoms with Gasteiger partial charge in [0.1, 0.15) is 23.6 Å². The summed E-state index contributed by atoms with van der Waals surface area (Å²) >= 11 is 6.13. The lowest BCUT2D eigenvalue weighted by Gasteiger charge is -2.23. The van der Waals surface area contributed by atoms with Crippen molar-refractivity contribution in [3.05, 3.63) is 69.0 Å². The Kier molecular flexibility index (Phi) is 5.21. The second-order valence-corrected chi connectivity index (χ2v) is 6.80. The smallest absolute Gasteiger partial charge is 0.319 e. The van der Waals surface area contributed by atoms with Crippen LogP contribution < -0.4 is 10.6 Å². The zero-order valence-electron chi connectivity index (χ0n) is 14.9. The van der Waals surface area contributed by atoms with E-state index in [1.807, 2.05) is 0 Å². The van der Waals surface area contributed by atoms with Crippen LogP contribution in [-0.2, 0) is 15.1 Å². The maximum atomic E-state index is 13.2. The molecular formula is C18H14ClFN4O5. The number of benzene rings is 2. The number of amides is 4. The first-order chi connectivity index (χ1) is 13.6. The molecule has 9 nitrogen and oxygen atoms in total. The van der Waals surface area contributed by atoms with Crippen molar-refractivity contribution < 1.29 is 23.7 Å². The van der Waals surface area contributed by atoms with Gasteiger partial charge < -0.3 is 10.6 Å². The highest BCUT2D eigenvalue weighted by Crippen LogP contribution is 2.33. The fourth-order valence-electron chi connectivity index (χ4n) is 2.98. The number of nitrogens with one attached hydrogen (secondary N) is 2. The van der Waals surface area contributed by atoms with Crippen LogP contribution in [0, 0.1) is 15.9 Å². The SMILES string of the molecule is CC1(c2ccccc2Cl)NC(=O)N(CC(=O)Nc2ccc(F)cc2[N+](=O)[O-])C1=O. The summed E-state index contributed by atoms with van der Waals surface area (Å²) < 4.78 is 13.2. The van der Waals surface area contributed by atoms with E-state index in [0.29, 0.717) is 16.5 Å². The molecule has 4 amide bonds. The van der Waals surface area contributed by atoms with Gasteiger partial charge in [-0.05, 0) is 25.1 Å². The summed E-state index contributed by atoms with van der Waals surface area (Å²) in [7, 11) is 0. The van der Waals surface area contributed by atoms with E-state index in [1.54, 1.807) is 24.3 Å². The fourth-order valence-corrected chi connectivity index (χ4v) is 3.31. The summed E-state index contributed by atoms with van der Waals surface area (Å²) in [5.41, 5.74) is -2.03. The molecule has 1 heterocycles. The molecule has 0 aromatic heterocycles. The molecule has 1 saturated heterocycles. The Morgan fingerprint density at radius 1 is 1.31 bits per heavy atom. The summed E-state index contributed by atoms with van der Waals surface area (Å²) in [5, 5.41) is 16.0. The first-order valence-electron chi connectivity index (χ1n) is 8.26. The zero-order chi connectivity index (χ0) is 21.3. The molecule has 0 bridgehead atoms. The van der Waals surface area contributed by atoms with Gasteiger partial charge in [0, 0.05) is 10.6 Å². The van der Waals surface area contributed by atoms with Crippen LogP contribution >= 0.6 is 11.6 Å². The summed E-state index contributed by atoms with van der Waals surface area (Å²) in [6.07, 6.45) is 0. The highest BCUT2D eigenvalue weighted by atomic mass is 35.5. The first-order valence-corrected chi connectivity index (χ1v) is 8.64. The summed E-state index contributed by atoms with van der Waals surface area (Å²) in [6.45, 7) is 0.760. The van der Waals surface area contributed by atoms with Crippen LogP contribution in [-0.4, -0.2) is 34.2 Å². The van der Waals surface area contributed by atoms with Crippen molar-refractivity contribution in [1.82, 2.24) is 10.2 Å². The lowest BCUT2D eigenvalue weighted by Crippen LogP contribution is -2.42. The number of nitro benzene ring substituents is 1. The van der Waals surface area contributed by atoms with E-state index in [2.05, 4.69) is 10.6 Å². The largest absolute Gasteiger partial charge is 0.325 e. The lowest BCUT2D eigenvalue weighted by atomic mass is 9.92. The average molecular weight is 421 g/mol. The number of anilines is 1. The topological polar surface area (TPSA) is 122 Å². The van der Waals surface area contributed by atoms with Crippen molar-refractivity contribution in [3.8, 4) is 0 Å². The number of carbonyl (C=O) groups excluding carboxylic acids is 3. The molecule has 3 rings (SSSR count). The predicted molar refractivity (Wildman–Crippen MR) is 101 cm³/mol. The molecule has 1 aliphatic rings. The Morgan fingerprint density at radius 2 is 2.00 bits per heavy atom. The third-order valence-corrected chi connectivity index (χ3v) is 4.75. The predicted octanol–water partition coefficient (Wildman–Crippen LogP) is 2.79.